The van der Waals surface area contributed by atoms with Crippen molar-refractivity contribution in [3.05, 3.63) is 48.4 Å². The summed E-state index contributed by atoms with van der Waals surface area (Å²) in [6, 6.07) is 3.67. The molecule has 0 unspecified atom stereocenters. The number of hydrogen-bond donors (Lipinski definition) is 1. The van der Waals surface area contributed by atoms with Crippen molar-refractivity contribution in [2.45, 2.75) is 4.90 Å². The Balaban J connectivity index is 1.52. The summed E-state index contributed by atoms with van der Waals surface area (Å²) in [6.45, 7) is 2.52. The summed E-state index contributed by atoms with van der Waals surface area (Å²) in [5, 5.41) is 0.526. The van der Waals surface area contributed by atoms with Crippen LogP contribution in [0.3, 0.4) is 0 Å². The first-order valence-electron chi connectivity index (χ1n) is 10.3. The van der Waals surface area contributed by atoms with Gasteiger partial charge in [-0.2, -0.15) is 0 Å². The molecule has 10 nitrogen and oxygen atoms in total. The third-order valence-electron chi connectivity index (χ3n) is 5.21. The average molecular weight is 521 g/mol. The highest BCUT2D eigenvalue weighted by atomic mass is 32.2. The second kappa shape index (κ2) is 9.28. The molecule has 0 saturated carbocycles. The molecule has 0 atom stereocenters. The number of ether oxygens (including phenoxy) is 2. The van der Waals surface area contributed by atoms with Crippen LogP contribution in [0.2, 0.25) is 0 Å². The van der Waals surface area contributed by atoms with E-state index in [-0.39, 0.29) is 11.6 Å². The Morgan fingerprint density at radius 1 is 1.14 bits per heavy atom. The van der Waals surface area contributed by atoms with Crippen LogP contribution in [0.25, 0.3) is 20.9 Å². The third-order valence-corrected chi connectivity index (χ3v) is 7.62. The summed E-state index contributed by atoms with van der Waals surface area (Å²) in [5.41, 5.74) is 1.06. The van der Waals surface area contributed by atoms with Gasteiger partial charge in [0.25, 0.3) is 10.0 Å². The third kappa shape index (κ3) is 4.59. The summed E-state index contributed by atoms with van der Waals surface area (Å²) >= 11 is 1.29. The molecule has 0 amide bonds. The highest BCUT2D eigenvalue weighted by Crippen LogP contribution is 2.36. The van der Waals surface area contributed by atoms with Crippen molar-refractivity contribution in [1.82, 2.24) is 19.9 Å². The number of rotatable bonds is 6. The monoisotopic (exact) mass is 520 g/mol. The second-order valence-electron chi connectivity index (χ2n) is 7.43. The molecule has 0 aliphatic carbocycles. The molecule has 1 aliphatic heterocycles. The van der Waals surface area contributed by atoms with E-state index >= 15 is 0 Å². The predicted molar refractivity (Wildman–Crippen MR) is 125 cm³/mol. The van der Waals surface area contributed by atoms with Gasteiger partial charge in [-0.25, -0.2) is 37.1 Å². The molecule has 4 aromatic rings. The molecule has 0 bridgehead atoms. The van der Waals surface area contributed by atoms with Gasteiger partial charge in [0.05, 0.1) is 20.3 Å². The molecule has 14 heteroatoms. The number of benzene rings is 1. The lowest BCUT2D eigenvalue weighted by molar-refractivity contribution is 0.122. The zero-order valence-electron chi connectivity index (χ0n) is 18.2. The van der Waals surface area contributed by atoms with Crippen molar-refractivity contribution in [3.8, 4) is 16.5 Å². The van der Waals surface area contributed by atoms with E-state index in [1.165, 1.54) is 37.0 Å². The number of anilines is 2. The minimum atomic E-state index is -4.41. The molecule has 1 saturated heterocycles. The standard InChI is InChI=1S/C21H18F2N6O4S2/c1-32-19-15(28-35(30,31)16-3-2-13(22)9-14(16)23)8-12(10-24-19)20-27-17-18(25-11-26-21(17)34-20)29-4-6-33-7-5-29/h2-3,8-11,28H,4-7H2,1H3. The highest BCUT2D eigenvalue weighted by molar-refractivity contribution is 7.92. The van der Waals surface area contributed by atoms with Crippen molar-refractivity contribution in [1.29, 1.82) is 0 Å². The van der Waals surface area contributed by atoms with Crippen molar-refractivity contribution in [2.24, 2.45) is 0 Å². The largest absolute Gasteiger partial charge is 0.480 e. The van der Waals surface area contributed by atoms with Gasteiger partial charge in [-0.05, 0) is 18.2 Å². The number of aromatic nitrogens is 4. The van der Waals surface area contributed by atoms with Gasteiger partial charge in [0.2, 0.25) is 5.88 Å². The van der Waals surface area contributed by atoms with Crippen LogP contribution >= 0.6 is 11.3 Å². The lowest BCUT2D eigenvalue weighted by Crippen LogP contribution is -2.36. The molecule has 5 rings (SSSR count). The van der Waals surface area contributed by atoms with Gasteiger partial charge < -0.3 is 14.4 Å². The van der Waals surface area contributed by atoms with Gasteiger partial charge in [-0.15, -0.1) is 0 Å². The van der Waals surface area contributed by atoms with Gasteiger partial charge in [0.1, 0.15) is 43.9 Å². The minimum absolute atomic E-state index is 0.0326. The van der Waals surface area contributed by atoms with E-state index in [4.69, 9.17) is 9.47 Å². The average Bonchev–Trinajstić information content (AvgIpc) is 3.28. The molecule has 0 spiro atoms. The molecule has 35 heavy (non-hydrogen) atoms. The zero-order chi connectivity index (χ0) is 24.6. The number of sulfonamides is 1. The number of halogens is 2. The molecular formula is C21H18F2N6O4S2. The quantitative estimate of drug-likeness (QED) is 0.409. The number of fused-ring (bicyclic) bond motifs is 1. The zero-order valence-corrected chi connectivity index (χ0v) is 19.9. The van der Waals surface area contributed by atoms with Crippen molar-refractivity contribution in [3.63, 3.8) is 0 Å². The Hall–Kier alpha value is -3.49. The Bertz CT molecular complexity index is 1510. The van der Waals surface area contributed by atoms with Crippen LogP contribution in [-0.2, 0) is 14.8 Å². The molecule has 4 heterocycles. The molecule has 1 aliphatic rings. The van der Waals surface area contributed by atoms with Gasteiger partial charge in [-0.1, -0.05) is 11.3 Å². The number of nitrogens with zero attached hydrogens (tertiary/aromatic N) is 5. The minimum Gasteiger partial charge on any atom is -0.480 e. The Kier molecular flexibility index (Phi) is 6.17. The van der Waals surface area contributed by atoms with E-state index in [2.05, 4.69) is 29.6 Å². The van der Waals surface area contributed by atoms with Crippen LogP contribution in [0.4, 0.5) is 20.3 Å². The first-order chi connectivity index (χ1) is 16.9. The van der Waals surface area contributed by atoms with Gasteiger partial charge >= 0.3 is 0 Å². The van der Waals surface area contributed by atoms with Crippen LogP contribution in [0.15, 0.2) is 41.7 Å². The van der Waals surface area contributed by atoms with E-state index in [9.17, 15) is 17.2 Å². The molecule has 3 aromatic heterocycles. The Morgan fingerprint density at radius 2 is 1.94 bits per heavy atom. The summed E-state index contributed by atoms with van der Waals surface area (Å²) < 4.78 is 65.9. The second-order valence-corrected chi connectivity index (χ2v) is 10.1. The topological polar surface area (TPSA) is 119 Å². The van der Waals surface area contributed by atoms with E-state index in [1.54, 1.807) is 0 Å². The fourth-order valence-corrected chi connectivity index (χ4v) is 5.56. The lowest BCUT2D eigenvalue weighted by atomic mass is 10.2. The van der Waals surface area contributed by atoms with Crippen LogP contribution in [0.5, 0.6) is 5.88 Å². The molecule has 182 valence electrons. The number of hydrogen-bond acceptors (Lipinski definition) is 10. The summed E-state index contributed by atoms with van der Waals surface area (Å²) in [6.07, 6.45) is 2.95. The van der Waals surface area contributed by atoms with Crippen molar-refractivity contribution in [2.75, 3.05) is 43.0 Å². The summed E-state index contributed by atoms with van der Waals surface area (Å²) in [5.74, 6) is -1.45. The summed E-state index contributed by atoms with van der Waals surface area (Å²) in [4.78, 5) is 19.6. The molecule has 1 fully saturated rings. The SMILES string of the molecule is COc1ncc(-c2nc3c(N4CCOCC4)ncnc3s2)cc1NS(=O)(=O)c1ccc(F)cc1F. The maximum absolute atomic E-state index is 14.1. The van der Waals surface area contributed by atoms with Gasteiger partial charge in [0, 0.05) is 30.9 Å². The fourth-order valence-electron chi connectivity index (χ4n) is 3.57. The number of thiazole rings is 1. The Morgan fingerprint density at radius 3 is 2.69 bits per heavy atom. The normalized spacial score (nSPS) is 14.3. The maximum atomic E-state index is 14.1. The van der Waals surface area contributed by atoms with Crippen LogP contribution < -0.4 is 14.4 Å². The van der Waals surface area contributed by atoms with E-state index < -0.39 is 26.6 Å². The van der Waals surface area contributed by atoms with Crippen molar-refractivity contribution >= 4 is 43.2 Å². The highest BCUT2D eigenvalue weighted by Gasteiger charge is 2.23. The molecular weight excluding hydrogens is 502 g/mol. The number of nitrogens with one attached hydrogen (secondary N) is 1. The fraction of sp³-hybridized carbons (Fsp3) is 0.238. The van der Waals surface area contributed by atoms with Gasteiger partial charge in [-0.3, -0.25) is 4.72 Å². The van der Waals surface area contributed by atoms with Crippen LogP contribution in [0, 0.1) is 11.6 Å². The lowest BCUT2D eigenvalue weighted by Gasteiger charge is -2.27. The maximum Gasteiger partial charge on any atom is 0.264 e. The van der Waals surface area contributed by atoms with Gasteiger partial charge in [0.15, 0.2) is 5.82 Å². The van der Waals surface area contributed by atoms with E-state index in [1.807, 2.05) is 0 Å². The molecule has 1 aromatic carbocycles. The number of methoxy groups -OCH3 is 1. The predicted octanol–water partition coefficient (Wildman–Crippen LogP) is 3.07. The molecule has 1 N–H and O–H groups in total. The Labute approximate surface area is 202 Å². The van der Waals surface area contributed by atoms with Crippen LogP contribution in [0.1, 0.15) is 0 Å². The van der Waals surface area contributed by atoms with E-state index in [0.29, 0.717) is 59.1 Å². The molecule has 0 radical (unpaired) electrons. The van der Waals surface area contributed by atoms with E-state index in [0.717, 1.165) is 12.1 Å². The van der Waals surface area contributed by atoms with Crippen molar-refractivity contribution < 1.29 is 26.7 Å². The smallest absolute Gasteiger partial charge is 0.264 e. The van der Waals surface area contributed by atoms with Crippen LogP contribution in [-0.4, -0.2) is 61.8 Å². The number of pyridine rings is 1. The summed E-state index contributed by atoms with van der Waals surface area (Å²) in [7, 11) is -3.09. The number of morpholine rings is 1. The first-order valence-corrected chi connectivity index (χ1v) is 12.6. The first kappa shape index (κ1) is 23.3.